The molecule has 2 heteroatoms. The van der Waals surface area contributed by atoms with Gasteiger partial charge in [-0.25, -0.2) is 0 Å². The highest BCUT2D eigenvalue weighted by Crippen LogP contribution is 2.31. The van der Waals surface area contributed by atoms with Crippen LogP contribution < -0.4 is 5.73 Å². The summed E-state index contributed by atoms with van der Waals surface area (Å²) in [5.74, 6) is 0.977. The molecular weight excluding hydrogens is 208 g/mol. The Kier molecular flexibility index (Phi) is 6.50. The number of nitrogens with two attached hydrogens (primary N) is 1. The van der Waals surface area contributed by atoms with Gasteiger partial charge in [-0.05, 0) is 44.7 Å². The number of likely N-dealkylation sites (tertiary alicyclic amines) is 1. The minimum atomic E-state index is 0.298. The molecule has 0 aromatic rings. The fourth-order valence-corrected chi connectivity index (χ4v) is 3.50. The molecule has 0 aromatic heterocycles. The zero-order valence-electron chi connectivity index (χ0n) is 12.2. The molecule has 2 N–H and O–H groups in total. The zero-order chi connectivity index (χ0) is 12.7. The third-order valence-electron chi connectivity index (χ3n) is 4.74. The summed E-state index contributed by atoms with van der Waals surface area (Å²) in [5, 5.41) is 0. The smallest absolute Gasteiger partial charge is 0.0329 e. The molecule has 0 saturated carbocycles. The van der Waals surface area contributed by atoms with Gasteiger partial charge in [0.05, 0.1) is 0 Å². The first kappa shape index (κ1) is 15.0. The van der Waals surface area contributed by atoms with Crippen LogP contribution >= 0.6 is 0 Å². The van der Waals surface area contributed by atoms with Gasteiger partial charge in [0.2, 0.25) is 0 Å². The first-order chi connectivity index (χ1) is 8.22. The summed E-state index contributed by atoms with van der Waals surface area (Å²) in [6, 6.07) is 0. The Morgan fingerprint density at radius 2 is 1.76 bits per heavy atom. The van der Waals surface area contributed by atoms with Gasteiger partial charge in [0.1, 0.15) is 0 Å². The van der Waals surface area contributed by atoms with Crippen molar-refractivity contribution in [3.8, 4) is 0 Å². The fourth-order valence-electron chi connectivity index (χ4n) is 3.50. The van der Waals surface area contributed by atoms with E-state index in [1.807, 2.05) is 0 Å². The van der Waals surface area contributed by atoms with Crippen molar-refractivity contribution in [2.24, 2.45) is 11.7 Å². The second-order valence-electron chi connectivity index (χ2n) is 5.75. The molecule has 0 radical (unpaired) electrons. The topological polar surface area (TPSA) is 29.3 Å². The maximum absolute atomic E-state index is 6.09. The van der Waals surface area contributed by atoms with E-state index in [0.717, 1.165) is 12.5 Å². The lowest BCUT2D eigenvalue weighted by molar-refractivity contribution is 0.0426. The van der Waals surface area contributed by atoms with E-state index in [-0.39, 0.29) is 0 Å². The van der Waals surface area contributed by atoms with E-state index >= 15 is 0 Å². The van der Waals surface area contributed by atoms with Gasteiger partial charge < -0.3 is 5.73 Å². The molecule has 17 heavy (non-hydrogen) atoms. The molecule has 1 atom stereocenters. The van der Waals surface area contributed by atoms with Gasteiger partial charge in [-0.15, -0.1) is 0 Å². The van der Waals surface area contributed by atoms with Crippen LogP contribution in [-0.4, -0.2) is 30.1 Å². The number of nitrogens with zero attached hydrogens (tertiary/aromatic N) is 1. The van der Waals surface area contributed by atoms with E-state index in [1.165, 1.54) is 58.0 Å². The summed E-state index contributed by atoms with van der Waals surface area (Å²) < 4.78 is 0. The monoisotopic (exact) mass is 240 g/mol. The standard InChI is InChI=1S/C15H32N2/c1-4-7-14-8-11-17(12-9-14)15(6-3,13-16)10-5-2/h14H,4-13,16H2,1-3H3. The second kappa shape index (κ2) is 7.38. The van der Waals surface area contributed by atoms with Crippen LogP contribution in [0.25, 0.3) is 0 Å². The normalized spacial score (nSPS) is 22.6. The Morgan fingerprint density at radius 1 is 1.12 bits per heavy atom. The van der Waals surface area contributed by atoms with E-state index in [2.05, 4.69) is 25.7 Å². The molecule has 0 aromatic carbocycles. The molecule has 1 aliphatic heterocycles. The van der Waals surface area contributed by atoms with Gasteiger partial charge in [0, 0.05) is 12.1 Å². The highest BCUT2D eigenvalue weighted by Gasteiger charge is 2.34. The molecule has 1 unspecified atom stereocenters. The van der Waals surface area contributed by atoms with Crippen molar-refractivity contribution in [1.82, 2.24) is 4.90 Å². The molecule has 1 aliphatic rings. The van der Waals surface area contributed by atoms with E-state index in [9.17, 15) is 0 Å². The number of hydrogen-bond acceptors (Lipinski definition) is 2. The Bertz CT molecular complexity index is 191. The molecule has 0 aliphatic carbocycles. The molecule has 0 spiro atoms. The number of hydrogen-bond donors (Lipinski definition) is 1. The van der Waals surface area contributed by atoms with Gasteiger partial charge in [-0.3, -0.25) is 4.90 Å². The van der Waals surface area contributed by atoms with Crippen molar-refractivity contribution in [1.29, 1.82) is 0 Å². The quantitative estimate of drug-likeness (QED) is 0.739. The Morgan fingerprint density at radius 3 is 2.18 bits per heavy atom. The molecular formula is C15H32N2. The molecule has 1 heterocycles. The lowest BCUT2D eigenvalue weighted by atomic mass is 9.84. The largest absolute Gasteiger partial charge is 0.329 e. The van der Waals surface area contributed by atoms with Gasteiger partial charge >= 0.3 is 0 Å². The summed E-state index contributed by atoms with van der Waals surface area (Å²) >= 11 is 0. The van der Waals surface area contributed by atoms with Crippen LogP contribution in [0.15, 0.2) is 0 Å². The van der Waals surface area contributed by atoms with E-state index in [0.29, 0.717) is 5.54 Å². The molecule has 1 saturated heterocycles. The molecule has 102 valence electrons. The summed E-state index contributed by atoms with van der Waals surface area (Å²) in [5.41, 5.74) is 6.38. The minimum Gasteiger partial charge on any atom is -0.329 e. The highest BCUT2D eigenvalue weighted by molar-refractivity contribution is 4.92. The van der Waals surface area contributed by atoms with Crippen molar-refractivity contribution in [2.75, 3.05) is 19.6 Å². The summed E-state index contributed by atoms with van der Waals surface area (Å²) in [6.07, 6.45) is 9.26. The van der Waals surface area contributed by atoms with Gasteiger partial charge in [0.25, 0.3) is 0 Å². The predicted molar refractivity (Wildman–Crippen MR) is 76.2 cm³/mol. The Labute approximate surface area is 108 Å². The number of piperidine rings is 1. The average molecular weight is 240 g/mol. The first-order valence-electron chi connectivity index (χ1n) is 7.67. The first-order valence-corrected chi connectivity index (χ1v) is 7.67. The van der Waals surface area contributed by atoms with Crippen LogP contribution in [0.3, 0.4) is 0 Å². The Balaban J connectivity index is 2.54. The minimum absolute atomic E-state index is 0.298. The van der Waals surface area contributed by atoms with Crippen LogP contribution in [0.4, 0.5) is 0 Å². The van der Waals surface area contributed by atoms with Gasteiger partial charge in [0.15, 0.2) is 0 Å². The predicted octanol–water partition coefficient (Wildman–Crippen LogP) is 3.41. The average Bonchev–Trinajstić information content (AvgIpc) is 2.38. The van der Waals surface area contributed by atoms with Crippen LogP contribution in [-0.2, 0) is 0 Å². The molecule has 1 fully saturated rings. The number of rotatable bonds is 7. The third kappa shape index (κ3) is 3.69. The Hall–Kier alpha value is -0.0800. The maximum atomic E-state index is 6.09. The molecule has 0 amide bonds. The van der Waals surface area contributed by atoms with Gasteiger partial charge in [-0.2, -0.15) is 0 Å². The molecule has 2 nitrogen and oxygen atoms in total. The van der Waals surface area contributed by atoms with Crippen LogP contribution in [0.1, 0.15) is 65.7 Å². The van der Waals surface area contributed by atoms with E-state index in [4.69, 9.17) is 5.73 Å². The van der Waals surface area contributed by atoms with Crippen molar-refractivity contribution in [2.45, 2.75) is 71.3 Å². The van der Waals surface area contributed by atoms with Crippen LogP contribution in [0.2, 0.25) is 0 Å². The van der Waals surface area contributed by atoms with E-state index in [1.54, 1.807) is 0 Å². The van der Waals surface area contributed by atoms with Crippen molar-refractivity contribution < 1.29 is 0 Å². The van der Waals surface area contributed by atoms with E-state index < -0.39 is 0 Å². The second-order valence-corrected chi connectivity index (χ2v) is 5.75. The summed E-state index contributed by atoms with van der Waals surface area (Å²) in [7, 11) is 0. The highest BCUT2D eigenvalue weighted by atomic mass is 15.2. The van der Waals surface area contributed by atoms with Crippen molar-refractivity contribution in [3.63, 3.8) is 0 Å². The molecule has 0 bridgehead atoms. The van der Waals surface area contributed by atoms with Gasteiger partial charge in [-0.1, -0.05) is 40.0 Å². The van der Waals surface area contributed by atoms with Crippen LogP contribution in [0.5, 0.6) is 0 Å². The maximum Gasteiger partial charge on any atom is 0.0329 e. The lowest BCUT2D eigenvalue weighted by Crippen LogP contribution is -2.56. The lowest BCUT2D eigenvalue weighted by Gasteiger charge is -2.46. The summed E-state index contributed by atoms with van der Waals surface area (Å²) in [6.45, 7) is 10.3. The van der Waals surface area contributed by atoms with Crippen molar-refractivity contribution in [3.05, 3.63) is 0 Å². The zero-order valence-corrected chi connectivity index (χ0v) is 12.2. The summed E-state index contributed by atoms with van der Waals surface area (Å²) in [4.78, 5) is 2.70. The van der Waals surface area contributed by atoms with Crippen LogP contribution in [0, 0.1) is 5.92 Å². The molecule has 1 rings (SSSR count). The SMILES string of the molecule is CCCC1CCN(C(CC)(CN)CCC)CC1. The fraction of sp³-hybridized carbons (Fsp3) is 1.00. The third-order valence-corrected chi connectivity index (χ3v) is 4.74. The van der Waals surface area contributed by atoms with Crippen molar-refractivity contribution >= 4 is 0 Å².